The van der Waals surface area contributed by atoms with Crippen molar-refractivity contribution in [1.82, 2.24) is 0 Å². The highest BCUT2D eigenvalue weighted by molar-refractivity contribution is 5.37. The van der Waals surface area contributed by atoms with Gasteiger partial charge in [-0.3, -0.25) is 0 Å². The summed E-state index contributed by atoms with van der Waals surface area (Å²) in [6, 6.07) is 15.2. The summed E-state index contributed by atoms with van der Waals surface area (Å²) in [5.41, 5.74) is 14.7. The van der Waals surface area contributed by atoms with Gasteiger partial charge in [-0.25, -0.2) is 0 Å². The third kappa shape index (κ3) is 3.33. The van der Waals surface area contributed by atoms with Crippen LogP contribution >= 0.6 is 0 Å². The van der Waals surface area contributed by atoms with E-state index in [1.807, 2.05) is 48.5 Å². The molecule has 0 heterocycles. The second kappa shape index (κ2) is 7.02. The third-order valence-corrected chi connectivity index (χ3v) is 4.53. The summed E-state index contributed by atoms with van der Waals surface area (Å²) >= 11 is 0. The number of methoxy groups -OCH3 is 2. The van der Waals surface area contributed by atoms with Gasteiger partial charge in [-0.05, 0) is 41.3 Å². The first-order valence-electron chi connectivity index (χ1n) is 7.76. The average molecular weight is 314 g/mol. The van der Waals surface area contributed by atoms with Crippen LogP contribution in [0.4, 0.5) is 0 Å². The molecule has 0 aliphatic rings. The van der Waals surface area contributed by atoms with E-state index in [-0.39, 0.29) is 12.0 Å². The highest BCUT2D eigenvalue weighted by Gasteiger charge is 2.38. The molecule has 4 N–H and O–H groups in total. The number of benzene rings is 2. The smallest absolute Gasteiger partial charge is 0.118 e. The Kier molecular flexibility index (Phi) is 5.29. The molecule has 0 aromatic heterocycles. The van der Waals surface area contributed by atoms with Gasteiger partial charge in [0.2, 0.25) is 0 Å². The van der Waals surface area contributed by atoms with Crippen LogP contribution in [0.15, 0.2) is 48.5 Å². The largest absolute Gasteiger partial charge is 0.497 e. The molecule has 0 spiro atoms. The average Bonchev–Trinajstić information content (AvgIpc) is 2.60. The molecule has 0 aliphatic heterocycles. The first-order chi connectivity index (χ1) is 10.9. The molecule has 2 rings (SSSR count). The molecule has 0 saturated carbocycles. The molecule has 0 amide bonds. The van der Waals surface area contributed by atoms with Gasteiger partial charge in [-0.2, -0.15) is 0 Å². The molecular weight excluding hydrogens is 288 g/mol. The zero-order valence-corrected chi connectivity index (χ0v) is 14.2. The zero-order chi connectivity index (χ0) is 17.0. The monoisotopic (exact) mass is 314 g/mol. The van der Waals surface area contributed by atoms with Gasteiger partial charge in [0.1, 0.15) is 11.5 Å². The van der Waals surface area contributed by atoms with Crippen molar-refractivity contribution in [1.29, 1.82) is 0 Å². The normalized spacial score (nSPS) is 15.1. The highest BCUT2D eigenvalue weighted by Crippen LogP contribution is 2.38. The van der Waals surface area contributed by atoms with E-state index in [2.05, 4.69) is 13.8 Å². The van der Waals surface area contributed by atoms with E-state index < -0.39 is 5.54 Å². The SMILES string of the molecule is COc1ccc(C(N)C(N)(c2ccc(OC)cc2)C(C)C)cc1. The van der Waals surface area contributed by atoms with Crippen molar-refractivity contribution >= 4 is 0 Å². The fourth-order valence-corrected chi connectivity index (χ4v) is 2.84. The highest BCUT2D eigenvalue weighted by atomic mass is 16.5. The van der Waals surface area contributed by atoms with Crippen molar-refractivity contribution in [2.45, 2.75) is 25.4 Å². The maximum atomic E-state index is 6.80. The van der Waals surface area contributed by atoms with E-state index in [0.29, 0.717) is 0 Å². The zero-order valence-electron chi connectivity index (χ0n) is 14.2. The number of nitrogens with two attached hydrogens (primary N) is 2. The lowest BCUT2D eigenvalue weighted by molar-refractivity contribution is 0.258. The van der Waals surface area contributed by atoms with E-state index in [9.17, 15) is 0 Å². The standard InChI is InChI=1S/C19H26N2O2/c1-13(2)19(21,15-7-11-17(23-4)12-8-15)18(20)14-5-9-16(22-3)10-6-14/h5-13,18H,20-21H2,1-4H3. The molecule has 0 fully saturated rings. The van der Waals surface area contributed by atoms with E-state index in [1.165, 1.54) is 0 Å². The van der Waals surface area contributed by atoms with Crippen LogP contribution in [0.2, 0.25) is 0 Å². The third-order valence-electron chi connectivity index (χ3n) is 4.53. The summed E-state index contributed by atoms with van der Waals surface area (Å²) in [7, 11) is 3.30. The summed E-state index contributed by atoms with van der Waals surface area (Å²) < 4.78 is 10.4. The van der Waals surface area contributed by atoms with Crippen LogP contribution in [-0.4, -0.2) is 14.2 Å². The lowest BCUT2D eigenvalue weighted by Crippen LogP contribution is -2.50. The lowest BCUT2D eigenvalue weighted by atomic mass is 9.73. The summed E-state index contributed by atoms with van der Waals surface area (Å²) in [6.45, 7) is 4.18. The van der Waals surface area contributed by atoms with Crippen LogP contribution in [-0.2, 0) is 5.54 Å². The quantitative estimate of drug-likeness (QED) is 0.859. The van der Waals surface area contributed by atoms with Crippen molar-refractivity contribution in [3.05, 3.63) is 59.7 Å². The van der Waals surface area contributed by atoms with Crippen LogP contribution < -0.4 is 20.9 Å². The van der Waals surface area contributed by atoms with E-state index >= 15 is 0 Å². The second-order valence-corrected chi connectivity index (χ2v) is 6.07. The number of ether oxygens (including phenoxy) is 2. The maximum Gasteiger partial charge on any atom is 0.118 e. The molecule has 2 aromatic rings. The van der Waals surface area contributed by atoms with Crippen molar-refractivity contribution in [3.8, 4) is 11.5 Å². The maximum absolute atomic E-state index is 6.80. The first kappa shape index (κ1) is 17.3. The van der Waals surface area contributed by atoms with E-state index in [0.717, 1.165) is 22.6 Å². The van der Waals surface area contributed by atoms with Gasteiger partial charge in [0, 0.05) is 0 Å². The Labute approximate surface area is 138 Å². The van der Waals surface area contributed by atoms with Gasteiger partial charge < -0.3 is 20.9 Å². The fourth-order valence-electron chi connectivity index (χ4n) is 2.84. The number of hydrogen-bond donors (Lipinski definition) is 2. The van der Waals surface area contributed by atoms with Gasteiger partial charge in [0.05, 0.1) is 25.8 Å². The van der Waals surface area contributed by atoms with Crippen LogP contribution in [0, 0.1) is 5.92 Å². The Bertz CT molecular complexity index is 623. The molecule has 124 valence electrons. The van der Waals surface area contributed by atoms with E-state index in [4.69, 9.17) is 20.9 Å². The predicted octanol–water partition coefficient (Wildman–Crippen LogP) is 3.21. The minimum Gasteiger partial charge on any atom is -0.497 e. The van der Waals surface area contributed by atoms with Gasteiger partial charge in [0.25, 0.3) is 0 Å². The first-order valence-corrected chi connectivity index (χ1v) is 7.76. The van der Waals surface area contributed by atoms with Gasteiger partial charge in [-0.1, -0.05) is 38.1 Å². The number of hydrogen-bond acceptors (Lipinski definition) is 4. The molecule has 0 saturated heterocycles. The van der Waals surface area contributed by atoms with Gasteiger partial charge >= 0.3 is 0 Å². The fraction of sp³-hybridized carbons (Fsp3) is 0.368. The van der Waals surface area contributed by atoms with Crippen LogP contribution in [0.5, 0.6) is 11.5 Å². The van der Waals surface area contributed by atoms with Crippen molar-refractivity contribution in [2.24, 2.45) is 17.4 Å². The molecule has 0 aliphatic carbocycles. The van der Waals surface area contributed by atoms with Gasteiger partial charge in [-0.15, -0.1) is 0 Å². The summed E-state index contributed by atoms with van der Waals surface area (Å²) in [4.78, 5) is 0. The Balaban J connectivity index is 2.41. The molecule has 4 heteroatoms. The van der Waals surface area contributed by atoms with Crippen molar-refractivity contribution in [2.75, 3.05) is 14.2 Å². The lowest BCUT2D eigenvalue weighted by Gasteiger charge is -2.40. The van der Waals surface area contributed by atoms with Crippen molar-refractivity contribution in [3.63, 3.8) is 0 Å². The number of rotatable bonds is 6. The van der Waals surface area contributed by atoms with Crippen molar-refractivity contribution < 1.29 is 9.47 Å². The summed E-state index contributed by atoms with van der Waals surface area (Å²) in [5, 5.41) is 0. The Hall–Kier alpha value is -2.04. The van der Waals surface area contributed by atoms with Crippen LogP contribution in [0.1, 0.15) is 31.0 Å². The Morgan fingerprint density at radius 1 is 0.826 bits per heavy atom. The summed E-state index contributed by atoms with van der Waals surface area (Å²) in [6.07, 6.45) is 0. The van der Waals surface area contributed by atoms with Crippen LogP contribution in [0.25, 0.3) is 0 Å². The Morgan fingerprint density at radius 2 is 1.26 bits per heavy atom. The Morgan fingerprint density at radius 3 is 1.65 bits per heavy atom. The molecule has 4 nitrogen and oxygen atoms in total. The minimum atomic E-state index is -0.680. The van der Waals surface area contributed by atoms with Crippen LogP contribution in [0.3, 0.4) is 0 Å². The molecule has 23 heavy (non-hydrogen) atoms. The molecule has 2 aromatic carbocycles. The second-order valence-electron chi connectivity index (χ2n) is 6.07. The summed E-state index contributed by atoms with van der Waals surface area (Å²) in [5.74, 6) is 1.77. The molecule has 0 radical (unpaired) electrons. The molecular formula is C19H26N2O2. The van der Waals surface area contributed by atoms with E-state index in [1.54, 1.807) is 14.2 Å². The molecule has 2 unspecified atom stereocenters. The topological polar surface area (TPSA) is 70.5 Å². The van der Waals surface area contributed by atoms with Gasteiger partial charge in [0.15, 0.2) is 0 Å². The predicted molar refractivity (Wildman–Crippen MR) is 93.6 cm³/mol. The molecule has 0 bridgehead atoms. The molecule has 2 atom stereocenters. The minimum absolute atomic E-state index is 0.160.